The monoisotopic (exact) mass is 358 g/mol. The van der Waals surface area contributed by atoms with Crippen molar-refractivity contribution < 1.29 is 19.1 Å². The van der Waals surface area contributed by atoms with E-state index in [0.29, 0.717) is 30.9 Å². The molecule has 1 spiro atoms. The van der Waals surface area contributed by atoms with Gasteiger partial charge < -0.3 is 20.1 Å². The predicted molar refractivity (Wildman–Crippen MR) is 95.7 cm³/mol. The van der Waals surface area contributed by atoms with Gasteiger partial charge in [0.15, 0.2) is 5.72 Å². The number of fused-ring (bicyclic) bond motifs is 3. The van der Waals surface area contributed by atoms with Crippen LogP contribution in [0.1, 0.15) is 42.5 Å². The molecule has 5 rings (SSSR count). The first-order chi connectivity index (χ1) is 12.6. The van der Waals surface area contributed by atoms with E-state index >= 15 is 0 Å². The number of para-hydroxylation sites is 1. The standard InChI is InChI=1S/C20H26N2O4/c1-25-10-4-9-21-18(23)16-11-14-8-7-13(16)12-20(14)22-19(24)15-5-2-3-6-17(15)26-20/h2-3,5-6,13-14,16H,4,7-12H2,1H3,(H,21,23)(H,22,24)/t13-,14+,16+,20+/m1/s1. The maximum atomic E-state index is 12.6. The molecule has 1 aliphatic heterocycles. The van der Waals surface area contributed by atoms with Gasteiger partial charge in [0.1, 0.15) is 5.75 Å². The Balaban J connectivity index is 1.46. The molecule has 4 aliphatic rings. The Morgan fingerprint density at radius 3 is 3.00 bits per heavy atom. The molecule has 6 nitrogen and oxygen atoms in total. The largest absolute Gasteiger partial charge is 0.467 e. The summed E-state index contributed by atoms with van der Waals surface area (Å²) in [6.45, 7) is 1.30. The van der Waals surface area contributed by atoms with Gasteiger partial charge in [0.2, 0.25) is 5.91 Å². The minimum absolute atomic E-state index is 0.0135. The zero-order chi connectivity index (χ0) is 18.1. The van der Waals surface area contributed by atoms with Crippen LogP contribution in [0.3, 0.4) is 0 Å². The number of rotatable bonds is 5. The number of carbonyl (C=O) groups is 2. The number of benzene rings is 1. The molecule has 3 saturated carbocycles. The summed E-state index contributed by atoms with van der Waals surface area (Å²) < 4.78 is 11.4. The van der Waals surface area contributed by atoms with Crippen LogP contribution < -0.4 is 15.4 Å². The third-order valence-corrected chi connectivity index (χ3v) is 6.13. The number of nitrogens with one attached hydrogen (secondary N) is 2. The Bertz CT molecular complexity index is 707. The fraction of sp³-hybridized carbons (Fsp3) is 0.600. The third kappa shape index (κ3) is 2.96. The minimum atomic E-state index is -0.652. The van der Waals surface area contributed by atoms with Gasteiger partial charge in [-0.2, -0.15) is 0 Å². The van der Waals surface area contributed by atoms with Crippen LogP contribution in [0, 0.1) is 17.8 Å². The van der Waals surface area contributed by atoms with E-state index in [9.17, 15) is 9.59 Å². The molecule has 2 N–H and O–H groups in total. The molecule has 0 aromatic heterocycles. The van der Waals surface area contributed by atoms with E-state index < -0.39 is 5.72 Å². The zero-order valence-corrected chi connectivity index (χ0v) is 15.1. The summed E-state index contributed by atoms with van der Waals surface area (Å²) in [6.07, 6.45) is 4.30. The zero-order valence-electron chi connectivity index (χ0n) is 15.1. The fourth-order valence-electron chi connectivity index (χ4n) is 4.84. The van der Waals surface area contributed by atoms with Crippen LogP contribution in [0.25, 0.3) is 0 Å². The summed E-state index contributed by atoms with van der Waals surface area (Å²) in [7, 11) is 1.66. The average Bonchev–Trinajstić information content (AvgIpc) is 2.65. The summed E-state index contributed by atoms with van der Waals surface area (Å²) in [4.78, 5) is 25.2. The second kappa shape index (κ2) is 6.91. The minimum Gasteiger partial charge on any atom is -0.467 e. The average molecular weight is 358 g/mol. The maximum Gasteiger partial charge on any atom is 0.258 e. The first kappa shape index (κ1) is 17.3. The molecule has 0 saturated heterocycles. The predicted octanol–water partition coefficient (Wildman–Crippen LogP) is 2.09. The molecule has 140 valence electrons. The third-order valence-electron chi connectivity index (χ3n) is 6.13. The van der Waals surface area contributed by atoms with Crippen molar-refractivity contribution in [2.75, 3.05) is 20.3 Å². The molecule has 4 atom stereocenters. The number of ether oxygens (including phenoxy) is 2. The molecule has 26 heavy (non-hydrogen) atoms. The van der Waals surface area contributed by atoms with Crippen molar-refractivity contribution in [1.29, 1.82) is 0 Å². The lowest BCUT2D eigenvalue weighted by Crippen LogP contribution is -2.66. The molecule has 6 heteroatoms. The lowest BCUT2D eigenvalue weighted by Gasteiger charge is -2.55. The number of amides is 2. The second-order valence-electron chi connectivity index (χ2n) is 7.66. The first-order valence-corrected chi connectivity index (χ1v) is 9.50. The van der Waals surface area contributed by atoms with Gasteiger partial charge >= 0.3 is 0 Å². The molecular weight excluding hydrogens is 332 g/mol. The highest BCUT2D eigenvalue weighted by molar-refractivity contribution is 5.98. The highest BCUT2D eigenvalue weighted by Crippen LogP contribution is 2.52. The number of methoxy groups -OCH3 is 1. The Morgan fingerprint density at radius 1 is 1.38 bits per heavy atom. The van der Waals surface area contributed by atoms with Crippen molar-refractivity contribution in [3.8, 4) is 5.75 Å². The van der Waals surface area contributed by atoms with Crippen molar-refractivity contribution >= 4 is 11.8 Å². The highest BCUT2D eigenvalue weighted by atomic mass is 16.5. The topological polar surface area (TPSA) is 76.7 Å². The highest BCUT2D eigenvalue weighted by Gasteiger charge is 2.57. The van der Waals surface area contributed by atoms with E-state index in [1.54, 1.807) is 13.2 Å². The van der Waals surface area contributed by atoms with Crippen LogP contribution in [0.5, 0.6) is 5.75 Å². The lowest BCUT2D eigenvalue weighted by atomic mass is 9.60. The van der Waals surface area contributed by atoms with Gasteiger partial charge in [-0.15, -0.1) is 0 Å². The van der Waals surface area contributed by atoms with Gasteiger partial charge in [0, 0.05) is 38.5 Å². The molecule has 2 amide bonds. The van der Waals surface area contributed by atoms with Crippen LogP contribution in [-0.2, 0) is 9.53 Å². The van der Waals surface area contributed by atoms with Crippen molar-refractivity contribution in [2.45, 2.75) is 37.8 Å². The van der Waals surface area contributed by atoms with Crippen LogP contribution in [-0.4, -0.2) is 37.8 Å². The molecule has 0 unspecified atom stereocenters. The Kier molecular flexibility index (Phi) is 4.61. The molecular formula is C20H26N2O4. The van der Waals surface area contributed by atoms with Gasteiger partial charge in [-0.1, -0.05) is 12.1 Å². The summed E-state index contributed by atoms with van der Waals surface area (Å²) in [5.74, 6) is 1.14. The van der Waals surface area contributed by atoms with E-state index in [4.69, 9.17) is 9.47 Å². The smallest absolute Gasteiger partial charge is 0.258 e. The molecule has 3 aliphatic carbocycles. The maximum absolute atomic E-state index is 12.6. The number of hydrogen-bond donors (Lipinski definition) is 2. The van der Waals surface area contributed by atoms with Crippen molar-refractivity contribution in [3.05, 3.63) is 29.8 Å². The van der Waals surface area contributed by atoms with E-state index in [1.165, 1.54) is 0 Å². The van der Waals surface area contributed by atoms with E-state index in [2.05, 4.69) is 10.6 Å². The fourth-order valence-corrected chi connectivity index (χ4v) is 4.84. The van der Waals surface area contributed by atoms with Gasteiger partial charge in [-0.05, 0) is 43.7 Å². The summed E-state index contributed by atoms with van der Waals surface area (Å²) in [6, 6.07) is 7.38. The van der Waals surface area contributed by atoms with Crippen molar-refractivity contribution in [3.63, 3.8) is 0 Å². The Morgan fingerprint density at radius 2 is 2.23 bits per heavy atom. The first-order valence-electron chi connectivity index (χ1n) is 9.50. The van der Waals surface area contributed by atoms with Gasteiger partial charge in [-0.25, -0.2) is 0 Å². The SMILES string of the molecule is COCCCNC(=O)[C@H]1C[C@@H]2CC[C@@H]1C[C@@]21NC(=O)c2ccccc2O1. The number of carbonyl (C=O) groups excluding carboxylic acids is 2. The Labute approximate surface area is 153 Å². The van der Waals surface area contributed by atoms with Crippen molar-refractivity contribution in [1.82, 2.24) is 10.6 Å². The van der Waals surface area contributed by atoms with Crippen LogP contribution in [0.4, 0.5) is 0 Å². The summed E-state index contributed by atoms with van der Waals surface area (Å²) in [5, 5.41) is 6.17. The second-order valence-corrected chi connectivity index (χ2v) is 7.66. The molecule has 2 bridgehead atoms. The van der Waals surface area contributed by atoms with Crippen LogP contribution in [0.15, 0.2) is 24.3 Å². The lowest BCUT2D eigenvalue weighted by molar-refractivity contribution is -0.146. The van der Waals surface area contributed by atoms with E-state index in [1.807, 2.05) is 18.2 Å². The molecule has 0 radical (unpaired) electrons. The van der Waals surface area contributed by atoms with Gasteiger partial charge in [-0.3, -0.25) is 9.59 Å². The molecule has 1 heterocycles. The van der Waals surface area contributed by atoms with Gasteiger partial charge in [0.05, 0.1) is 5.56 Å². The van der Waals surface area contributed by atoms with Gasteiger partial charge in [0.25, 0.3) is 5.91 Å². The van der Waals surface area contributed by atoms with E-state index in [0.717, 1.165) is 25.7 Å². The molecule has 1 aromatic rings. The van der Waals surface area contributed by atoms with E-state index in [-0.39, 0.29) is 29.6 Å². The molecule has 3 fully saturated rings. The molecule has 1 aromatic carbocycles. The van der Waals surface area contributed by atoms with Crippen LogP contribution >= 0.6 is 0 Å². The normalized spacial score (nSPS) is 31.9. The quantitative estimate of drug-likeness (QED) is 0.791. The van der Waals surface area contributed by atoms with Crippen molar-refractivity contribution in [2.24, 2.45) is 17.8 Å². The summed E-state index contributed by atoms with van der Waals surface area (Å²) in [5.41, 5.74) is -0.0618. The number of hydrogen-bond acceptors (Lipinski definition) is 4. The Hall–Kier alpha value is -2.08. The van der Waals surface area contributed by atoms with Crippen LogP contribution in [0.2, 0.25) is 0 Å². The summed E-state index contributed by atoms with van der Waals surface area (Å²) >= 11 is 0.